The van der Waals surface area contributed by atoms with Crippen LogP contribution >= 0.6 is 11.3 Å². The van der Waals surface area contributed by atoms with Crippen LogP contribution in [0.5, 0.6) is 0 Å². The summed E-state index contributed by atoms with van der Waals surface area (Å²) in [4.78, 5) is 18.4. The van der Waals surface area contributed by atoms with Gasteiger partial charge < -0.3 is 4.90 Å². The molecule has 0 unspecified atom stereocenters. The van der Waals surface area contributed by atoms with Gasteiger partial charge in [-0.1, -0.05) is 11.3 Å². The van der Waals surface area contributed by atoms with Gasteiger partial charge in [0.1, 0.15) is 5.01 Å². The van der Waals surface area contributed by atoms with Crippen molar-refractivity contribution in [2.75, 3.05) is 18.0 Å². The molecule has 4 heterocycles. The molecule has 1 saturated carbocycles. The predicted molar refractivity (Wildman–Crippen MR) is 99.3 cm³/mol. The van der Waals surface area contributed by atoms with Crippen molar-refractivity contribution in [1.82, 2.24) is 25.0 Å². The van der Waals surface area contributed by atoms with Gasteiger partial charge in [0.25, 0.3) is 5.56 Å². The maximum absolute atomic E-state index is 12.2. The number of hydrogen-bond acceptors (Lipinski definition) is 7. The summed E-state index contributed by atoms with van der Waals surface area (Å²) in [5, 5.41) is 15.3. The third-order valence-electron chi connectivity index (χ3n) is 4.86. The molecule has 2 aliphatic rings. The van der Waals surface area contributed by atoms with E-state index < -0.39 is 0 Å². The monoisotopic (exact) mass is 366 g/mol. The fraction of sp³-hybridized carbons (Fsp3) is 0.389. The van der Waals surface area contributed by atoms with Gasteiger partial charge in [-0.3, -0.25) is 9.78 Å². The molecular weight excluding hydrogens is 348 g/mol. The lowest BCUT2D eigenvalue weighted by Gasteiger charge is -2.38. The van der Waals surface area contributed by atoms with Gasteiger partial charge >= 0.3 is 0 Å². The van der Waals surface area contributed by atoms with Crippen LogP contribution < -0.4 is 10.5 Å². The van der Waals surface area contributed by atoms with Crippen LogP contribution in [-0.4, -0.2) is 38.1 Å². The van der Waals surface area contributed by atoms with Crippen LogP contribution in [0.4, 0.5) is 5.13 Å². The molecule has 1 aliphatic heterocycles. The van der Waals surface area contributed by atoms with E-state index >= 15 is 0 Å². The summed E-state index contributed by atoms with van der Waals surface area (Å²) < 4.78 is 1.58. The highest BCUT2D eigenvalue weighted by Gasteiger charge is 2.33. The lowest BCUT2D eigenvalue weighted by molar-refractivity contribution is 0.334. The predicted octanol–water partition coefficient (Wildman–Crippen LogP) is 2.17. The molecule has 26 heavy (non-hydrogen) atoms. The van der Waals surface area contributed by atoms with E-state index in [1.165, 1.54) is 17.8 Å². The van der Waals surface area contributed by atoms with Crippen LogP contribution in [0.2, 0.25) is 0 Å². The van der Waals surface area contributed by atoms with E-state index in [1.54, 1.807) is 40.5 Å². The van der Waals surface area contributed by atoms with Gasteiger partial charge in [0.2, 0.25) is 5.13 Å². The molecule has 0 atom stereocenters. The fourth-order valence-electron chi connectivity index (χ4n) is 3.19. The number of anilines is 1. The van der Waals surface area contributed by atoms with Crippen LogP contribution in [-0.2, 0) is 6.54 Å². The van der Waals surface area contributed by atoms with Gasteiger partial charge in [-0.2, -0.15) is 5.10 Å². The van der Waals surface area contributed by atoms with Crippen molar-refractivity contribution in [1.29, 1.82) is 0 Å². The molecule has 1 saturated heterocycles. The number of rotatable bonds is 5. The average molecular weight is 366 g/mol. The molecule has 0 amide bonds. The Morgan fingerprint density at radius 2 is 1.88 bits per heavy atom. The average Bonchev–Trinajstić information content (AvgIpc) is 3.38. The summed E-state index contributed by atoms with van der Waals surface area (Å²) in [5.74, 6) is 1.05. The zero-order chi connectivity index (χ0) is 17.5. The molecule has 0 spiro atoms. The van der Waals surface area contributed by atoms with Gasteiger partial charge in [0.05, 0.1) is 12.2 Å². The quantitative estimate of drug-likeness (QED) is 0.689. The second-order valence-corrected chi connectivity index (χ2v) is 7.93. The third-order valence-corrected chi connectivity index (χ3v) is 6.00. The summed E-state index contributed by atoms with van der Waals surface area (Å²) in [7, 11) is 0. The minimum absolute atomic E-state index is 0.0619. The molecule has 132 valence electrons. The van der Waals surface area contributed by atoms with Crippen molar-refractivity contribution >= 4 is 16.5 Å². The molecular formula is C18H18N6OS. The first-order valence-corrected chi connectivity index (χ1v) is 9.65. The Labute approximate surface area is 154 Å². The van der Waals surface area contributed by atoms with Crippen molar-refractivity contribution in [3.63, 3.8) is 0 Å². The molecule has 8 heteroatoms. The fourth-order valence-corrected chi connectivity index (χ4v) is 4.22. The Morgan fingerprint density at radius 3 is 2.65 bits per heavy atom. The van der Waals surface area contributed by atoms with Crippen LogP contribution in [0.25, 0.3) is 11.3 Å². The van der Waals surface area contributed by atoms with E-state index in [0.717, 1.165) is 29.5 Å². The first-order chi connectivity index (χ1) is 12.8. The zero-order valence-electron chi connectivity index (χ0n) is 14.2. The third kappa shape index (κ3) is 3.01. The molecule has 1 aliphatic carbocycles. The van der Waals surface area contributed by atoms with Crippen molar-refractivity contribution in [3.05, 3.63) is 52.0 Å². The van der Waals surface area contributed by atoms with E-state index in [2.05, 4.69) is 25.2 Å². The van der Waals surface area contributed by atoms with Gasteiger partial charge in [-0.15, -0.1) is 10.2 Å². The summed E-state index contributed by atoms with van der Waals surface area (Å²) in [5.41, 5.74) is 1.69. The molecule has 3 aromatic heterocycles. The lowest BCUT2D eigenvalue weighted by atomic mass is 10.0. The SMILES string of the molecule is O=c1ccc(-c2ccncc2)nn1CC1CN(c2nnc(C3CC3)s2)C1. The van der Waals surface area contributed by atoms with Gasteiger partial charge in [0, 0.05) is 48.9 Å². The molecule has 0 N–H and O–H groups in total. The summed E-state index contributed by atoms with van der Waals surface area (Å²) in [6.45, 7) is 2.42. The zero-order valence-corrected chi connectivity index (χ0v) is 15.0. The van der Waals surface area contributed by atoms with Crippen molar-refractivity contribution in [3.8, 4) is 11.3 Å². The Hall–Kier alpha value is -2.61. The summed E-state index contributed by atoms with van der Waals surface area (Å²) in [6, 6.07) is 7.15. The van der Waals surface area contributed by atoms with Gasteiger partial charge in [0.15, 0.2) is 0 Å². The van der Waals surface area contributed by atoms with E-state index in [1.807, 2.05) is 12.1 Å². The molecule has 0 aromatic carbocycles. The molecule has 2 fully saturated rings. The summed E-state index contributed by atoms with van der Waals surface area (Å²) in [6.07, 6.45) is 5.96. The highest BCUT2D eigenvalue weighted by Crippen LogP contribution is 2.43. The first kappa shape index (κ1) is 15.6. The largest absolute Gasteiger partial charge is 0.346 e. The molecule has 0 radical (unpaired) electrons. The molecule has 0 bridgehead atoms. The second-order valence-electron chi connectivity index (χ2n) is 6.94. The second kappa shape index (κ2) is 6.28. The minimum atomic E-state index is -0.0619. The summed E-state index contributed by atoms with van der Waals surface area (Å²) >= 11 is 1.71. The van der Waals surface area contributed by atoms with Gasteiger partial charge in [-0.05, 0) is 31.0 Å². The number of hydrogen-bond donors (Lipinski definition) is 0. The Kier molecular flexibility index (Phi) is 3.77. The van der Waals surface area contributed by atoms with Crippen LogP contribution in [0.1, 0.15) is 23.8 Å². The smallest absolute Gasteiger partial charge is 0.266 e. The van der Waals surface area contributed by atoms with Crippen LogP contribution in [0, 0.1) is 5.92 Å². The van der Waals surface area contributed by atoms with Crippen LogP contribution in [0.15, 0.2) is 41.5 Å². The highest BCUT2D eigenvalue weighted by atomic mass is 32.1. The van der Waals surface area contributed by atoms with E-state index in [4.69, 9.17) is 0 Å². The lowest BCUT2D eigenvalue weighted by Crippen LogP contribution is -2.49. The molecule has 5 rings (SSSR count). The molecule has 3 aromatic rings. The maximum Gasteiger partial charge on any atom is 0.266 e. The Morgan fingerprint density at radius 1 is 1.08 bits per heavy atom. The number of pyridine rings is 1. The number of aromatic nitrogens is 5. The maximum atomic E-state index is 12.2. The minimum Gasteiger partial charge on any atom is -0.346 e. The van der Waals surface area contributed by atoms with Gasteiger partial charge in [-0.25, -0.2) is 4.68 Å². The standard InChI is InChI=1S/C18H18N6OS/c25-16-4-3-15(13-5-7-19-8-6-13)22-24(16)11-12-9-23(10-12)18-21-20-17(26-18)14-1-2-14/h3-8,12,14H,1-2,9-11H2. The highest BCUT2D eigenvalue weighted by molar-refractivity contribution is 7.15. The van der Waals surface area contributed by atoms with Crippen molar-refractivity contribution in [2.24, 2.45) is 5.92 Å². The van der Waals surface area contributed by atoms with Crippen LogP contribution in [0.3, 0.4) is 0 Å². The van der Waals surface area contributed by atoms with E-state index in [0.29, 0.717) is 18.4 Å². The van der Waals surface area contributed by atoms with E-state index in [-0.39, 0.29) is 5.56 Å². The van der Waals surface area contributed by atoms with Crippen molar-refractivity contribution in [2.45, 2.75) is 25.3 Å². The number of nitrogens with zero attached hydrogens (tertiary/aromatic N) is 6. The first-order valence-electron chi connectivity index (χ1n) is 8.83. The normalized spacial score (nSPS) is 17.3. The topological polar surface area (TPSA) is 76.8 Å². The van der Waals surface area contributed by atoms with E-state index in [9.17, 15) is 4.79 Å². The Balaban J connectivity index is 1.26. The Bertz CT molecular complexity index is 975. The molecule has 7 nitrogen and oxygen atoms in total. The van der Waals surface area contributed by atoms with Crippen molar-refractivity contribution < 1.29 is 0 Å².